The second kappa shape index (κ2) is 6.07. The quantitative estimate of drug-likeness (QED) is 0.892. The Kier molecular flexibility index (Phi) is 4.44. The highest BCUT2D eigenvalue weighted by atomic mass is 35.5. The molecule has 1 amide bonds. The second-order valence-electron chi connectivity index (χ2n) is 4.41. The van der Waals surface area contributed by atoms with E-state index in [1.54, 1.807) is 4.90 Å². The summed E-state index contributed by atoms with van der Waals surface area (Å²) >= 11 is 6.08. The molecule has 0 aromatic heterocycles. The Morgan fingerprint density at radius 2 is 2.22 bits per heavy atom. The fraction of sp³-hybridized carbons (Fsp3) is 0.462. The number of hydrogen-bond donors (Lipinski definition) is 1. The van der Waals surface area contributed by atoms with E-state index in [4.69, 9.17) is 22.1 Å². The smallest absolute Gasteiger partial charge is 0.410 e. The van der Waals surface area contributed by atoms with Gasteiger partial charge in [0.1, 0.15) is 6.10 Å². The van der Waals surface area contributed by atoms with Crippen LogP contribution in [0.2, 0.25) is 5.02 Å². The number of amides is 1. The van der Waals surface area contributed by atoms with Gasteiger partial charge in [-0.2, -0.15) is 0 Å². The third-order valence-corrected chi connectivity index (χ3v) is 3.37. The number of halogens is 1. The van der Waals surface area contributed by atoms with E-state index in [0.717, 1.165) is 18.4 Å². The fourth-order valence-corrected chi connectivity index (χ4v) is 2.23. The number of rotatable bonds is 5. The van der Waals surface area contributed by atoms with Gasteiger partial charge in [0.05, 0.1) is 13.1 Å². The van der Waals surface area contributed by atoms with Crippen molar-refractivity contribution in [1.82, 2.24) is 4.90 Å². The van der Waals surface area contributed by atoms with Crippen LogP contribution in [0.15, 0.2) is 24.3 Å². The summed E-state index contributed by atoms with van der Waals surface area (Å²) in [6, 6.07) is 7.53. The third kappa shape index (κ3) is 3.15. The van der Waals surface area contributed by atoms with E-state index in [1.165, 1.54) is 0 Å². The molecule has 1 unspecified atom stereocenters. The first-order chi connectivity index (χ1) is 8.70. The molecule has 98 valence electrons. The van der Waals surface area contributed by atoms with Crippen molar-refractivity contribution >= 4 is 17.7 Å². The minimum atomic E-state index is -0.267. The number of benzene rings is 1. The largest absolute Gasteiger partial charge is 0.444 e. The Bertz CT molecular complexity index is 425. The molecular weight excluding hydrogens is 252 g/mol. The summed E-state index contributed by atoms with van der Waals surface area (Å²) in [7, 11) is 0. The minimum absolute atomic E-state index is 0.0384. The molecule has 1 saturated heterocycles. The molecule has 1 heterocycles. The van der Waals surface area contributed by atoms with Crippen LogP contribution in [0, 0.1) is 0 Å². The summed E-state index contributed by atoms with van der Waals surface area (Å²) in [4.78, 5) is 13.4. The monoisotopic (exact) mass is 268 g/mol. The van der Waals surface area contributed by atoms with Crippen molar-refractivity contribution in [1.29, 1.82) is 0 Å². The molecule has 2 rings (SSSR count). The minimum Gasteiger partial charge on any atom is -0.444 e. The Labute approximate surface area is 112 Å². The molecule has 1 aliphatic rings. The standard InChI is InChI=1S/C13H17ClN2O2/c14-12-6-2-1-4-10(12)8-16-9-11(5-3-7-15)18-13(16)17/h1-2,4,6,11H,3,5,7-9,15H2. The molecule has 0 radical (unpaired) electrons. The van der Waals surface area contributed by atoms with Gasteiger partial charge in [0.2, 0.25) is 0 Å². The zero-order valence-electron chi connectivity index (χ0n) is 10.1. The van der Waals surface area contributed by atoms with Crippen LogP contribution in [0.25, 0.3) is 0 Å². The molecule has 0 saturated carbocycles. The van der Waals surface area contributed by atoms with Crippen LogP contribution in [0.4, 0.5) is 4.79 Å². The maximum atomic E-state index is 11.7. The zero-order valence-corrected chi connectivity index (χ0v) is 10.9. The summed E-state index contributed by atoms with van der Waals surface area (Å²) in [6.45, 7) is 1.74. The van der Waals surface area contributed by atoms with Crippen LogP contribution in [-0.4, -0.2) is 30.2 Å². The number of carbonyl (C=O) groups excluding carboxylic acids is 1. The predicted octanol–water partition coefficient (Wildman–Crippen LogP) is 2.40. The van der Waals surface area contributed by atoms with Crippen LogP contribution < -0.4 is 5.73 Å². The zero-order chi connectivity index (χ0) is 13.0. The molecule has 0 aliphatic carbocycles. The first-order valence-electron chi connectivity index (χ1n) is 6.09. The molecule has 5 heteroatoms. The number of ether oxygens (including phenoxy) is 1. The molecule has 1 atom stereocenters. The van der Waals surface area contributed by atoms with E-state index in [0.29, 0.717) is 24.7 Å². The van der Waals surface area contributed by atoms with Gasteiger partial charge in [-0.15, -0.1) is 0 Å². The maximum absolute atomic E-state index is 11.7. The molecule has 2 N–H and O–H groups in total. The highest BCUT2D eigenvalue weighted by Gasteiger charge is 2.30. The van der Waals surface area contributed by atoms with Crippen molar-refractivity contribution in [3.8, 4) is 0 Å². The molecule has 1 aromatic rings. The van der Waals surface area contributed by atoms with E-state index in [1.807, 2.05) is 24.3 Å². The van der Waals surface area contributed by atoms with Crippen LogP contribution in [0.5, 0.6) is 0 Å². The van der Waals surface area contributed by atoms with E-state index in [2.05, 4.69) is 0 Å². The summed E-state index contributed by atoms with van der Waals surface area (Å²) in [5, 5.41) is 0.677. The summed E-state index contributed by atoms with van der Waals surface area (Å²) in [6.07, 6.45) is 1.39. The lowest BCUT2D eigenvalue weighted by molar-refractivity contribution is 0.127. The van der Waals surface area contributed by atoms with Crippen molar-refractivity contribution in [3.05, 3.63) is 34.9 Å². The van der Waals surface area contributed by atoms with Gasteiger partial charge >= 0.3 is 6.09 Å². The average molecular weight is 269 g/mol. The topological polar surface area (TPSA) is 55.6 Å². The van der Waals surface area contributed by atoms with Gasteiger partial charge in [0.25, 0.3) is 0 Å². The van der Waals surface area contributed by atoms with Crippen molar-refractivity contribution in [3.63, 3.8) is 0 Å². The maximum Gasteiger partial charge on any atom is 0.410 e. The van der Waals surface area contributed by atoms with Crippen LogP contribution in [0.1, 0.15) is 18.4 Å². The first kappa shape index (κ1) is 13.2. The highest BCUT2D eigenvalue weighted by molar-refractivity contribution is 6.31. The highest BCUT2D eigenvalue weighted by Crippen LogP contribution is 2.21. The normalized spacial score (nSPS) is 19.1. The second-order valence-corrected chi connectivity index (χ2v) is 4.82. The lowest BCUT2D eigenvalue weighted by Gasteiger charge is -2.13. The summed E-state index contributed by atoms with van der Waals surface area (Å²) < 4.78 is 5.28. The molecule has 4 nitrogen and oxygen atoms in total. The van der Waals surface area contributed by atoms with Gasteiger partial charge in [0, 0.05) is 5.02 Å². The fourth-order valence-electron chi connectivity index (χ4n) is 2.03. The predicted molar refractivity (Wildman–Crippen MR) is 70.4 cm³/mol. The van der Waals surface area contributed by atoms with Crippen LogP contribution >= 0.6 is 11.6 Å². The van der Waals surface area contributed by atoms with E-state index in [9.17, 15) is 4.79 Å². The molecule has 1 aromatic carbocycles. The number of carbonyl (C=O) groups is 1. The molecule has 18 heavy (non-hydrogen) atoms. The number of cyclic esters (lactones) is 1. The average Bonchev–Trinajstić information content (AvgIpc) is 2.70. The van der Waals surface area contributed by atoms with Crippen molar-refractivity contribution < 1.29 is 9.53 Å². The van der Waals surface area contributed by atoms with E-state index >= 15 is 0 Å². The lowest BCUT2D eigenvalue weighted by Crippen LogP contribution is -2.24. The summed E-state index contributed by atoms with van der Waals surface area (Å²) in [5.74, 6) is 0. The van der Waals surface area contributed by atoms with E-state index < -0.39 is 0 Å². The lowest BCUT2D eigenvalue weighted by atomic mass is 10.2. The van der Waals surface area contributed by atoms with Crippen LogP contribution in [-0.2, 0) is 11.3 Å². The van der Waals surface area contributed by atoms with E-state index in [-0.39, 0.29) is 12.2 Å². The number of nitrogens with zero attached hydrogens (tertiary/aromatic N) is 1. The summed E-state index contributed by atoms with van der Waals surface area (Å²) in [5.41, 5.74) is 6.39. The van der Waals surface area contributed by atoms with Gasteiger partial charge in [-0.3, -0.25) is 0 Å². The van der Waals surface area contributed by atoms with Gasteiger partial charge in [-0.1, -0.05) is 29.8 Å². The Balaban J connectivity index is 1.94. The molecule has 0 bridgehead atoms. The number of hydrogen-bond acceptors (Lipinski definition) is 3. The van der Waals surface area contributed by atoms with Crippen molar-refractivity contribution in [2.45, 2.75) is 25.5 Å². The van der Waals surface area contributed by atoms with Crippen molar-refractivity contribution in [2.75, 3.05) is 13.1 Å². The number of nitrogens with two attached hydrogens (primary N) is 1. The van der Waals surface area contributed by atoms with Gasteiger partial charge < -0.3 is 15.4 Å². The molecule has 1 fully saturated rings. The van der Waals surface area contributed by atoms with Crippen LogP contribution in [0.3, 0.4) is 0 Å². The van der Waals surface area contributed by atoms with Gasteiger partial charge in [-0.25, -0.2) is 4.79 Å². The van der Waals surface area contributed by atoms with Crippen molar-refractivity contribution in [2.24, 2.45) is 5.73 Å². The third-order valence-electron chi connectivity index (χ3n) is 3.00. The molecule has 0 spiro atoms. The van der Waals surface area contributed by atoms with Gasteiger partial charge in [0.15, 0.2) is 0 Å². The Hall–Kier alpha value is -1.26. The Morgan fingerprint density at radius 3 is 2.94 bits per heavy atom. The SMILES string of the molecule is NCCCC1CN(Cc2ccccc2Cl)C(=O)O1. The first-order valence-corrected chi connectivity index (χ1v) is 6.47. The van der Waals surface area contributed by atoms with Gasteiger partial charge in [-0.05, 0) is 31.0 Å². The Morgan fingerprint density at radius 1 is 1.44 bits per heavy atom. The molecule has 1 aliphatic heterocycles. The molecular formula is C13H17ClN2O2.